The number of nitrogens with zero attached hydrogens (tertiary/aromatic N) is 3. The lowest BCUT2D eigenvalue weighted by atomic mass is 9.85. The maximum Gasteiger partial charge on any atom is 0.248 e. The van der Waals surface area contributed by atoms with Crippen LogP contribution in [0, 0.1) is 5.41 Å². The second-order valence-electron chi connectivity index (χ2n) is 7.04. The largest absolute Gasteiger partial charge is 0.385 e. The molecular formula is C20H25N7O. The van der Waals surface area contributed by atoms with Crippen molar-refractivity contribution in [3.05, 3.63) is 59.9 Å². The van der Waals surface area contributed by atoms with E-state index in [1.165, 1.54) is 0 Å². The third kappa shape index (κ3) is 4.34. The third-order valence-corrected chi connectivity index (χ3v) is 5.05. The zero-order valence-corrected chi connectivity index (χ0v) is 15.9. The van der Waals surface area contributed by atoms with Crippen molar-refractivity contribution < 1.29 is 4.79 Å². The quantitative estimate of drug-likeness (QED) is 0.461. The van der Waals surface area contributed by atoms with E-state index >= 15 is 0 Å². The van der Waals surface area contributed by atoms with Crippen LogP contribution in [-0.2, 0) is 0 Å². The summed E-state index contributed by atoms with van der Waals surface area (Å²) in [6.45, 7) is 1.67. The Labute approximate surface area is 164 Å². The van der Waals surface area contributed by atoms with E-state index in [2.05, 4.69) is 27.2 Å². The Bertz CT molecular complexity index is 886. The molecule has 2 heterocycles. The molecule has 1 aliphatic rings. The number of carbonyl (C=O) groups excluding carboxylic acids is 1. The first kappa shape index (κ1) is 19.5. The molecule has 1 saturated heterocycles. The van der Waals surface area contributed by atoms with E-state index in [1.807, 2.05) is 6.07 Å². The summed E-state index contributed by atoms with van der Waals surface area (Å²) in [6.07, 6.45) is 4.69. The molecule has 0 spiro atoms. The Morgan fingerprint density at radius 2 is 1.86 bits per heavy atom. The molecule has 146 valence electrons. The standard InChI is InChI=1S/C20H25N7O/c1-27-11-7-20(8-12-27,26-16-4-2-3-15(13-16)18(22)28)19(23)25-17(21)14-5-9-24-10-6-14/h2-6,9-10,13,26H,7-8,11-12H2,1H3,(H2,22,28)(H3,21,23,25). The monoisotopic (exact) mass is 379 g/mol. The van der Waals surface area contributed by atoms with Crippen molar-refractivity contribution in [3.8, 4) is 0 Å². The second kappa shape index (κ2) is 8.18. The van der Waals surface area contributed by atoms with Gasteiger partial charge in [-0.1, -0.05) is 6.07 Å². The first-order chi connectivity index (χ1) is 13.4. The number of piperidine rings is 1. The van der Waals surface area contributed by atoms with Gasteiger partial charge in [0, 0.05) is 42.3 Å². The van der Waals surface area contributed by atoms with Crippen molar-refractivity contribution in [3.63, 3.8) is 0 Å². The highest BCUT2D eigenvalue weighted by Crippen LogP contribution is 2.28. The molecule has 0 atom stereocenters. The van der Waals surface area contributed by atoms with Gasteiger partial charge in [0.25, 0.3) is 0 Å². The SMILES string of the molecule is CN1CCC(Nc2cccc(C(N)=O)c2)(C(N)=NC(=N)c2ccncc2)CC1. The molecule has 0 bridgehead atoms. The molecule has 8 heteroatoms. The number of rotatable bonds is 5. The molecule has 1 aromatic heterocycles. The van der Waals surface area contributed by atoms with Crippen molar-refractivity contribution in [2.24, 2.45) is 16.5 Å². The van der Waals surface area contributed by atoms with Crippen LogP contribution >= 0.6 is 0 Å². The first-order valence-electron chi connectivity index (χ1n) is 9.10. The molecule has 1 fully saturated rings. The van der Waals surface area contributed by atoms with E-state index in [1.54, 1.807) is 42.7 Å². The maximum absolute atomic E-state index is 11.5. The molecule has 8 nitrogen and oxygen atoms in total. The number of aliphatic imine (C=N–C) groups is 1. The zero-order valence-electron chi connectivity index (χ0n) is 15.9. The fourth-order valence-electron chi connectivity index (χ4n) is 3.27. The number of hydrogen-bond donors (Lipinski definition) is 4. The van der Waals surface area contributed by atoms with E-state index in [-0.39, 0.29) is 5.84 Å². The van der Waals surface area contributed by atoms with Crippen LogP contribution < -0.4 is 16.8 Å². The van der Waals surface area contributed by atoms with Crippen molar-refractivity contribution in [1.82, 2.24) is 9.88 Å². The normalized spacial score (nSPS) is 17.1. The number of aromatic nitrogens is 1. The summed E-state index contributed by atoms with van der Waals surface area (Å²) in [5.74, 6) is -0.0417. The molecule has 0 aliphatic carbocycles. The van der Waals surface area contributed by atoms with Crippen LogP contribution in [0.25, 0.3) is 0 Å². The summed E-state index contributed by atoms with van der Waals surface area (Å²) in [7, 11) is 2.06. The van der Waals surface area contributed by atoms with E-state index in [0.29, 0.717) is 17.0 Å². The lowest BCUT2D eigenvalue weighted by Gasteiger charge is -2.41. The number of anilines is 1. The van der Waals surface area contributed by atoms with Crippen LogP contribution in [0.2, 0.25) is 0 Å². The summed E-state index contributed by atoms with van der Waals surface area (Å²) in [6, 6.07) is 10.5. The summed E-state index contributed by atoms with van der Waals surface area (Å²) < 4.78 is 0. The molecule has 3 rings (SSSR count). The van der Waals surface area contributed by atoms with Crippen LogP contribution in [0.4, 0.5) is 5.69 Å². The van der Waals surface area contributed by atoms with Gasteiger partial charge in [0.1, 0.15) is 5.84 Å². The van der Waals surface area contributed by atoms with Gasteiger partial charge in [-0.05, 0) is 50.2 Å². The van der Waals surface area contributed by atoms with Crippen molar-refractivity contribution >= 4 is 23.3 Å². The molecule has 0 saturated carbocycles. The molecule has 0 radical (unpaired) electrons. The lowest BCUT2D eigenvalue weighted by Crippen LogP contribution is -2.56. The molecule has 1 aromatic carbocycles. The number of nitrogens with one attached hydrogen (secondary N) is 2. The average Bonchev–Trinajstić information content (AvgIpc) is 2.70. The topological polar surface area (TPSA) is 133 Å². The number of likely N-dealkylation sites (tertiary alicyclic amines) is 1. The minimum atomic E-state index is -0.609. The lowest BCUT2D eigenvalue weighted by molar-refractivity contribution is 0.100. The smallest absolute Gasteiger partial charge is 0.248 e. The highest BCUT2D eigenvalue weighted by molar-refractivity contribution is 6.07. The molecule has 0 unspecified atom stereocenters. The van der Waals surface area contributed by atoms with Crippen molar-refractivity contribution in [2.45, 2.75) is 18.4 Å². The van der Waals surface area contributed by atoms with E-state index in [9.17, 15) is 4.79 Å². The van der Waals surface area contributed by atoms with Crippen molar-refractivity contribution in [2.75, 3.05) is 25.5 Å². The van der Waals surface area contributed by atoms with Gasteiger partial charge in [-0.2, -0.15) is 0 Å². The Morgan fingerprint density at radius 3 is 2.50 bits per heavy atom. The molecule has 1 amide bonds. The van der Waals surface area contributed by atoms with Gasteiger partial charge < -0.3 is 21.7 Å². The van der Waals surface area contributed by atoms with Gasteiger partial charge in [-0.25, -0.2) is 4.99 Å². The second-order valence-corrected chi connectivity index (χ2v) is 7.04. The van der Waals surface area contributed by atoms with Crippen molar-refractivity contribution in [1.29, 1.82) is 5.41 Å². The number of primary amides is 1. The number of amidine groups is 2. The Balaban J connectivity index is 1.91. The van der Waals surface area contributed by atoms with E-state index < -0.39 is 11.4 Å². The summed E-state index contributed by atoms with van der Waals surface area (Å²) in [4.78, 5) is 22.1. The zero-order chi connectivity index (χ0) is 20.1. The predicted molar refractivity (Wildman–Crippen MR) is 111 cm³/mol. The minimum Gasteiger partial charge on any atom is -0.385 e. The number of pyridine rings is 1. The molecule has 1 aliphatic heterocycles. The van der Waals surface area contributed by atoms with Gasteiger partial charge in [-0.3, -0.25) is 15.2 Å². The minimum absolute atomic E-state index is 0.0888. The van der Waals surface area contributed by atoms with Gasteiger partial charge in [0.05, 0.1) is 5.54 Å². The third-order valence-electron chi connectivity index (χ3n) is 5.05. The van der Waals surface area contributed by atoms with Crippen LogP contribution in [0.3, 0.4) is 0 Å². The number of amides is 1. The fourth-order valence-corrected chi connectivity index (χ4v) is 3.27. The average molecular weight is 379 g/mol. The predicted octanol–water partition coefficient (Wildman–Crippen LogP) is 1.44. The summed E-state index contributed by atoms with van der Waals surface area (Å²) in [5.41, 5.74) is 13.0. The Morgan fingerprint density at radius 1 is 1.18 bits per heavy atom. The maximum atomic E-state index is 11.5. The highest BCUT2D eigenvalue weighted by atomic mass is 16.1. The van der Waals surface area contributed by atoms with Crippen LogP contribution in [0.1, 0.15) is 28.8 Å². The van der Waals surface area contributed by atoms with Crippen LogP contribution in [0.5, 0.6) is 0 Å². The summed E-state index contributed by atoms with van der Waals surface area (Å²) in [5, 5.41) is 11.7. The summed E-state index contributed by atoms with van der Waals surface area (Å²) >= 11 is 0. The first-order valence-corrected chi connectivity index (χ1v) is 9.10. The molecule has 2 aromatic rings. The number of carbonyl (C=O) groups is 1. The van der Waals surface area contributed by atoms with E-state index in [0.717, 1.165) is 31.6 Å². The van der Waals surface area contributed by atoms with Crippen LogP contribution in [0.15, 0.2) is 53.8 Å². The van der Waals surface area contributed by atoms with Gasteiger partial charge in [0.15, 0.2) is 5.84 Å². The molecular weight excluding hydrogens is 354 g/mol. The highest BCUT2D eigenvalue weighted by Gasteiger charge is 2.38. The van der Waals surface area contributed by atoms with Gasteiger partial charge >= 0.3 is 0 Å². The van der Waals surface area contributed by atoms with E-state index in [4.69, 9.17) is 16.9 Å². The molecule has 6 N–H and O–H groups in total. The number of nitrogens with two attached hydrogens (primary N) is 2. The van der Waals surface area contributed by atoms with Crippen LogP contribution in [-0.4, -0.2) is 53.1 Å². The van der Waals surface area contributed by atoms with Gasteiger partial charge in [-0.15, -0.1) is 0 Å². The molecule has 28 heavy (non-hydrogen) atoms. The fraction of sp³-hybridized carbons (Fsp3) is 0.300. The van der Waals surface area contributed by atoms with Gasteiger partial charge in [0.2, 0.25) is 5.91 Å². The number of benzene rings is 1. The Hall–Kier alpha value is -3.26. The Kier molecular flexibility index (Phi) is 5.70. The number of hydrogen-bond acceptors (Lipinski definition) is 5.